The highest BCUT2D eigenvalue weighted by Crippen LogP contribution is 2.24. The maximum Gasteiger partial charge on any atom is 0.240 e. The van der Waals surface area contributed by atoms with Gasteiger partial charge in [-0.25, -0.2) is 10.9 Å². The summed E-state index contributed by atoms with van der Waals surface area (Å²) in [5, 5.41) is 44.7. The molecule has 0 atom stereocenters. The Balaban J connectivity index is 1.61. The molecule has 0 saturated carbocycles. The summed E-state index contributed by atoms with van der Waals surface area (Å²) in [6.07, 6.45) is 3.98. The lowest BCUT2D eigenvalue weighted by molar-refractivity contribution is -0.123. The molecular weight excluding hydrogens is 392 g/mol. The summed E-state index contributed by atoms with van der Waals surface area (Å²) in [7, 11) is 0. The van der Waals surface area contributed by atoms with E-state index in [9.17, 15) is 30.0 Å². The van der Waals surface area contributed by atoms with Gasteiger partial charge in [-0.05, 0) is 60.4 Å². The smallest absolute Gasteiger partial charge is 0.240 e. The lowest BCUT2D eigenvalue weighted by Gasteiger charge is -2.02. The molecule has 0 spiro atoms. The van der Waals surface area contributed by atoms with Crippen molar-refractivity contribution in [3.05, 3.63) is 47.5 Å². The largest absolute Gasteiger partial charge is 0.504 e. The highest BCUT2D eigenvalue weighted by atomic mass is 16.3. The Labute approximate surface area is 172 Å². The van der Waals surface area contributed by atoms with Gasteiger partial charge in [0.05, 0.1) is 12.4 Å². The van der Waals surface area contributed by atoms with Gasteiger partial charge in [0, 0.05) is 12.8 Å². The van der Waals surface area contributed by atoms with Crippen molar-refractivity contribution >= 4 is 24.2 Å². The number of hydrogen-bond acceptors (Lipinski definition) is 8. The molecule has 0 aliphatic heterocycles. The first-order valence-corrected chi connectivity index (χ1v) is 9.03. The fourth-order valence-corrected chi connectivity index (χ4v) is 2.28. The van der Waals surface area contributed by atoms with Crippen LogP contribution in [-0.2, 0) is 9.59 Å². The van der Waals surface area contributed by atoms with Crippen LogP contribution < -0.4 is 10.9 Å². The second-order valence-electron chi connectivity index (χ2n) is 6.29. The number of nitrogens with one attached hydrogen (secondary N) is 2. The summed E-state index contributed by atoms with van der Waals surface area (Å²) >= 11 is 0. The van der Waals surface area contributed by atoms with Crippen LogP contribution in [-0.4, -0.2) is 44.7 Å². The van der Waals surface area contributed by atoms with E-state index < -0.39 is 0 Å². The van der Waals surface area contributed by atoms with E-state index in [1.165, 1.54) is 48.8 Å². The fraction of sp³-hybridized carbons (Fsp3) is 0.200. The van der Waals surface area contributed by atoms with Crippen molar-refractivity contribution in [3.8, 4) is 23.0 Å². The minimum absolute atomic E-state index is 0.182. The lowest BCUT2D eigenvalue weighted by Crippen LogP contribution is -2.19. The van der Waals surface area contributed by atoms with Crippen LogP contribution in [0.15, 0.2) is 46.6 Å². The van der Waals surface area contributed by atoms with Crippen LogP contribution in [0.4, 0.5) is 0 Å². The van der Waals surface area contributed by atoms with E-state index in [4.69, 9.17) is 0 Å². The van der Waals surface area contributed by atoms with E-state index in [0.717, 1.165) is 0 Å². The van der Waals surface area contributed by atoms with Crippen LogP contribution in [0.5, 0.6) is 23.0 Å². The van der Waals surface area contributed by atoms with Crippen molar-refractivity contribution in [2.75, 3.05) is 0 Å². The normalized spacial score (nSPS) is 11.1. The zero-order valence-corrected chi connectivity index (χ0v) is 15.9. The van der Waals surface area contributed by atoms with E-state index >= 15 is 0 Å². The summed E-state index contributed by atoms with van der Waals surface area (Å²) in [5.74, 6) is -1.70. The van der Waals surface area contributed by atoms with E-state index in [2.05, 4.69) is 21.1 Å². The number of aromatic hydroxyl groups is 4. The fourth-order valence-electron chi connectivity index (χ4n) is 2.28. The molecule has 0 heterocycles. The molecule has 30 heavy (non-hydrogen) atoms. The number of hydrazone groups is 2. The van der Waals surface area contributed by atoms with Gasteiger partial charge in [-0.3, -0.25) is 9.59 Å². The van der Waals surface area contributed by atoms with Gasteiger partial charge in [0.2, 0.25) is 11.8 Å². The number of rotatable bonds is 9. The molecule has 2 aromatic rings. The molecule has 0 aliphatic rings. The number of phenols is 4. The molecular formula is C20H22N4O6. The summed E-state index contributed by atoms with van der Waals surface area (Å²) in [5.41, 5.74) is 5.69. The monoisotopic (exact) mass is 414 g/mol. The van der Waals surface area contributed by atoms with Crippen LogP contribution in [0, 0.1) is 0 Å². The van der Waals surface area contributed by atoms with Gasteiger partial charge in [0.25, 0.3) is 0 Å². The van der Waals surface area contributed by atoms with Gasteiger partial charge in [-0.2, -0.15) is 10.2 Å². The molecule has 2 aromatic carbocycles. The van der Waals surface area contributed by atoms with Crippen LogP contribution in [0.25, 0.3) is 0 Å². The number of unbranched alkanes of at least 4 members (excludes halogenated alkanes) is 1. The Morgan fingerprint density at radius 2 is 1.10 bits per heavy atom. The standard InChI is InChI=1S/C20H22N4O6/c25-15-7-5-13(9-17(15)27)11-21-23-19(29)3-1-2-4-20(30)24-22-12-14-6-8-16(26)18(28)10-14/h5-12,25-28H,1-4H2,(H,23,29)(H,24,30). The van der Waals surface area contributed by atoms with Gasteiger partial charge in [0.1, 0.15) is 0 Å². The Kier molecular flexibility index (Phi) is 8.18. The molecule has 10 heteroatoms. The van der Waals surface area contributed by atoms with E-state index in [1.54, 1.807) is 0 Å². The van der Waals surface area contributed by atoms with Crippen molar-refractivity contribution in [3.63, 3.8) is 0 Å². The van der Waals surface area contributed by atoms with Crippen molar-refractivity contribution < 1.29 is 30.0 Å². The Morgan fingerprint density at radius 1 is 0.700 bits per heavy atom. The maximum atomic E-state index is 11.7. The van der Waals surface area contributed by atoms with Gasteiger partial charge in [-0.1, -0.05) is 0 Å². The van der Waals surface area contributed by atoms with Crippen molar-refractivity contribution in [1.82, 2.24) is 10.9 Å². The maximum absolute atomic E-state index is 11.7. The number of carbonyl (C=O) groups is 2. The van der Waals surface area contributed by atoms with Crippen molar-refractivity contribution in [2.24, 2.45) is 10.2 Å². The molecule has 2 rings (SSSR count). The molecule has 0 unspecified atom stereocenters. The third-order valence-corrected chi connectivity index (χ3v) is 3.86. The molecule has 10 nitrogen and oxygen atoms in total. The number of amides is 2. The van der Waals surface area contributed by atoms with Crippen LogP contribution in [0.3, 0.4) is 0 Å². The summed E-state index contributed by atoms with van der Waals surface area (Å²) in [6, 6.07) is 8.27. The zero-order valence-electron chi connectivity index (χ0n) is 15.9. The molecule has 0 saturated heterocycles. The second-order valence-corrected chi connectivity index (χ2v) is 6.29. The van der Waals surface area contributed by atoms with Crippen LogP contribution in [0.2, 0.25) is 0 Å². The number of phenolic OH excluding ortho intramolecular Hbond substituents is 4. The molecule has 6 N–H and O–H groups in total. The van der Waals surface area contributed by atoms with E-state index in [1.807, 2.05) is 0 Å². The molecule has 0 radical (unpaired) electrons. The van der Waals surface area contributed by atoms with Gasteiger partial charge < -0.3 is 20.4 Å². The zero-order chi connectivity index (χ0) is 21.9. The SMILES string of the molecule is O=C(CCCCC(=O)NN=Cc1ccc(O)c(O)c1)NN=Cc1ccc(O)c(O)c1. The summed E-state index contributed by atoms with van der Waals surface area (Å²) in [4.78, 5) is 23.4. The average molecular weight is 414 g/mol. The van der Waals surface area contributed by atoms with Crippen molar-refractivity contribution in [1.29, 1.82) is 0 Å². The van der Waals surface area contributed by atoms with E-state index in [0.29, 0.717) is 24.0 Å². The molecule has 0 aliphatic carbocycles. The highest BCUT2D eigenvalue weighted by Gasteiger charge is 2.04. The minimum atomic E-state index is -0.320. The Hall–Kier alpha value is -4.08. The molecule has 158 valence electrons. The second kappa shape index (κ2) is 11.1. The lowest BCUT2D eigenvalue weighted by atomic mass is 10.2. The first-order valence-electron chi connectivity index (χ1n) is 9.03. The number of hydrogen-bond donors (Lipinski definition) is 6. The Morgan fingerprint density at radius 3 is 1.47 bits per heavy atom. The quantitative estimate of drug-likeness (QED) is 0.158. The predicted octanol–water partition coefficient (Wildman–Crippen LogP) is 1.67. The minimum Gasteiger partial charge on any atom is -0.504 e. The molecule has 2 amide bonds. The topological polar surface area (TPSA) is 164 Å². The number of benzene rings is 2. The van der Waals surface area contributed by atoms with Crippen LogP contribution in [0.1, 0.15) is 36.8 Å². The number of nitrogens with zero attached hydrogens (tertiary/aromatic N) is 2. The van der Waals surface area contributed by atoms with Crippen LogP contribution >= 0.6 is 0 Å². The van der Waals surface area contributed by atoms with Gasteiger partial charge >= 0.3 is 0 Å². The van der Waals surface area contributed by atoms with E-state index in [-0.39, 0.29) is 47.7 Å². The van der Waals surface area contributed by atoms with Gasteiger partial charge in [0.15, 0.2) is 23.0 Å². The molecule has 0 aromatic heterocycles. The van der Waals surface area contributed by atoms with Crippen molar-refractivity contribution in [2.45, 2.75) is 25.7 Å². The molecule has 0 bridgehead atoms. The third kappa shape index (κ3) is 7.50. The summed E-state index contributed by atoms with van der Waals surface area (Å²) in [6.45, 7) is 0. The first-order chi connectivity index (χ1) is 14.3. The Bertz CT molecular complexity index is 881. The summed E-state index contributed by atoms with van der Waals surface area (Å²) < 4.78 is 0. The van der Waals surface area contributed by atoms with Gasteiger partial charge in [-0.15, -0.1) is 0 Å². The molecule has 0 fully saturated rings. The predicted molar refractivity (Wildman–Crippen MR) is 109 cm³/mol. The highest BCUT2D eigenvalue weighted by molar-refractivity contribution is 5.84. The number of carbonyl (C=O) groups excluding carboxylic acids is 2. The average Bonchev–Trinajstić information content (AvgIpc) is 2.71. The third-order valence-electron chi connectivity index (χ3n) is 3.86. The first kappa shape index (κ1) is 22.2.